The molecule has 0 aliphatic carbocycles. The number of rotatable bonds is 5. The third-order valence-corrected chi connectivity index (χ3v) is 4.52. The highest BCUT2D eigenvalue weighted by atomic mass is 32.2. The first-order valence-corrected chi connectivity index (χ1v) is 7.82. The third-order valence-electron chi connectivity index (χ3n) is 3.19. The van der Waals surface area contributed by atoms with Crippen LogP contribution in [-0.2, 0) is 9.59 Å². The summed E-state index contributed by atoms with van der Waals surface area (Å²) in [6.07, 6.45) is 1.91. The van der Waals surface area contributed by atoms with Gasteiger partial charge in [0.15, 0.2) is 0 Å². The van der Waals surface area contributed by atoms with Gasteiger partial charge < -0.3 is 14.6 Å². The molecule has 116 valence electrons. The summed E-state index contributed by atoms with van der Waals surface area (Å²) >= 11 is 6.22. The van der Waals surface area contributed by atoms with Crippen LogP contribution in [-0.4, -0.2) is 34.2 Å². The molecule has 1 amide bonds. The van der Waals surface area contributed by atoms with Gasteiger partial charge in [-0.2, -0.15) is 0 Å². The van der Waals surface area contributed by atoms with Crippen molar-refractivity contribution in [2.45, 2.75) is 19.4 Å². The van der Waals surface area contributed by atoms with Gasteiger partial charge in [0.05, 0.1) is 24.0 Å². The fraction of sp³-hybridized carbons (Fsp3) is 0.267. The van der Waals surface area contributed by atoms with Crippen LogP contribution in [0.4, 0.5) is 0 Å². The number of carboxylic acid groups (broad SMARTS) is 1. The Labute approximate surface area is 137 Å². The van der Waals surface area contributed by atoms with E-state index in [0.717, 1.165) is 22.2 Å². The van der Waals surface area contributed by atoms with Crippen LogP contribution in [0.25, 0.3) is 6.08 Å². The molecule has 1 fully saturated rings. The molecule has 1 heterocycles. The predicted octanol–water partition coefficient (Wildman–Crippen LogP) is 1.42. The topological polar surface area (TPSA) is 69.7 Å². The summed E-state index contributed by atoms with van der Waals surface area (Å²) in [5.74, 6) is -1.04. The van der Waals surface area contributed by atoms with E-state index in [9.17, 15) is 14.7 Å². The molecule has 1 aromatic carbocycles. The Hall–Kier alpha value is -1.86. The third kappa shape index (κ3) is 3.31. The summed E-state index contributed by atoms with van der Waals surface area (Å²) in [5.41, 5.74) is 0.779. The molecule has 0 unspecified atom stereocenters. The van der Waals surface area contributed by atoms with Crippen molar-refractivity contribution in [2.24, 2.45) is 0 Å². The molecule has 0 aromatic heterocycles. The van der Waals surface area contributed by atoms with E-state index < -0.39 is 17.9 Å². The van der Waals surface area contributed by atoms with E-state index in [4.69, 9.17) is 17.0 Å². The van der Waals surface area contributed by atoms with Gasteiger partial charge in [-0.15, -0.1) is 0 Å². The Bertz CT molecular complexity index is 657. The minimum absolute atomic E-state index is 0.232. The first kappa shape index (κ1) is 16.5. The second kappa shape index (κ2) is 6.93. The molecule has 7 heteroatoms. The first-order chi connectivity index (χ1) is 10.5. The number of hydrogen-bond donors (Lipinski definition) is 0. The maximum atomic E-state index is 12.4. The summed E-state index contributed by atoms with van der Waals surface area (Å²) in [7, 11) is 1.56. The average Bonchev–Trinajstić information content (AvgIpc) is 2.76. The van der Waals surface area contributed by atoms with Gasteiger partial charge >= 0.3 is 0 Å². The van der Waals surface area contributed by atoms with E-state index in [-0.39, 0.29) is 10.7 Å². The van der Waals surface area contributed by atoms with Crippen LogP contribution in [0.15, 0.2) is 29.2 Å². The van der Waals surface area contributed by atoms with Gasteiger partial charge in [0.2, 0.25) is 0 Å². The van der Waals surface area contributed by atoms with E-state index >= 15 is 0 Å². The lowest BCUT2D eigenvalue weighted by atomic mass is 10.1. The molecular formula is C15H14NO4S2-. The molecule has 0 saturated carbocycles. The molecule has 0 bridgehead atoms. The number of carbonyl (C=O) groups is 2. The average molecular weight is 336 g/mol. The number of thiocarbonyl (C=S) groups is 1. The smallest absolute Gasteiger partial charge is 0.266 e. The fourth-order valence-corrected chi connectivity index (χ4v) is 3.44. The van der Waals surface area contributed by atoms with Crippen LogP contribution in [0.2, 0.25) is 0 Å². The number of carboxylic acids is 1. The standard InChI is InChI=1S/C15H15NO4S2/c1-3-11(14(18)19)16-13(17)12(22-15(16)21)8-9-5-4-6-10(7-9)20-2/h4-8,11H,3H2,1-2H3,(H,18,19)/p-1/b12-8-/t11-/m1/s1. The van der Waals surface area contributed by atoms with Gasteiger partial charge in [0.1, 0.15) is 10.1 Å². The van der Waals surface area contributed by atoms with E-state index in [1.165, 1.54) is 0 Å². The molecule has 22 heavy (non-hydrogen) atoms. The largest absolute Gasteiger partial charge is 0.548 e. The van der Waals surface area contributed by atoms with Gasteiger partial charge in [0.25, 0.3) is 5.91 Å². The first-order valence-electron chi connectivity index (χ1n) is 6.60. The molecule has 5 nitrogen and oxygen atoms in total. The number of ether oxygens (including phenoxy) is 1. The van der Waals surface area contributed by atoms with Crippen molar-refractivity contribution in [1.82, 2.24) is 4.90 Å². The quantitative estimate of drug-likeness (QED) is 0.598. The lowest BCUT2D eigenvalue weighted by Gasteiger charge is -2.26. The van der Waals surface area contributed by atoms with E-state index in [2.05, 4.69) is 0 Å². The highest BCUT2D eigenvalue weighted by Gasteiger charge is 2.36. The van der Waals surface area contributed by atoms with Crippen molar-refractivity contribution in [2.75, 3.05) is 7.11 Å². The highest BCUT2D eigenvalue weighted by molar-refractivity contribution is 8.26. The molecule has 0 spiro atoms. The molecular weight excluding hydrogens is 322 g/mol. The van der Waals surface area contributed by atoms with Gasteiger partial charge in [-0.1, -0.05) is 43.0 Å². The molecule has 1 aromatic rings. The fourth-order valence-electron chi connectivity index (χ4n) is 2.09. The van der Waals surface area contributed by atoms with Crippen molar-refractivity contribution in [3.8, 4) is 5.75 Å². The Kier molecular flexibility index (Phi) is 5.20. The molecule has 0 radical (unpaired) electrons. The second-order valence-corrected chi connectivity index (χ2v) is 6.25. The van der Waals surface area contributed by atoms with Crippen LogP contribution in [0.5, 0.6) is 5.75 Å². The number of methoxy groups -OCH3 is 1. The van der Waals surface area contributed by atoms with E-state index in [0.29, 0.717) is 10.7 Å². The number of benzene rings is 1. The van der Waals surface area contributed by atoms with Crippen LogP contribution >= 0.6 is 24.0 Å². The maximum Gasteiger partial charge on any atom is 0.266 e. The molecule has 1 atom stereocenters. The number of amides is 1. The van der Waals surface area contributed by atoms with Crippen molar-refractivity contribution < 1.29 is 19.4 Å². The predicted molar refractivity (Wildman–Crippen MR) is 87.1 cm³/mol. The van der Waals surface area contributed by atoms with Gasteiger partial charge in [-0.25, -0.2) is 0 Å². The Balaban J connectivity index is 2.31. The number of aliphatic carboxylic acids is 1. The minimum Gasteiger partial charge on any atom is -0.548 e. The van der Waals surface area contributed by atoms with Gasteiger partial charge in [-0.05, 0) is 30.2 Å². The molecule has 1 saturated heterocycles. The molecule has 1 aliphatic rings. The SMILES string of the molecule is CC[C@H](C(=O)[O-])N1C(=O)/C(=C/c2cccc(OC)c2)SC1=S. The van der Waals surface area contributed by atoms with Crippen molar-refractivity contribution in [1.29, 1.82) is 0 Å². The van der Waals surface area contributed by atoms with Crippen molar-refractivity contribution >= 4 is 46.3 Å². The molecule has 2 rings (SSSR count). The van der Waals surface area contributed by atoms with Gasteiger partial charge in [0, 0.05) is 0 Å². The lowest BCUT2D eigenvalue weighted by Crippen LogP contribution is -2.49. The maximum absolute atomic E-state index is 12.4. The van der Waals surface area contributed by atoms with Crippen molar-refractivity contribution in [3.05, 3.63) is 34.7 Å². The number of thioether (sulfide) groups is 1. The zero-order valence-electron chi connectivity index (χ0n) is 12.1. The zero-order valence-corrected chi connectivity index (χ0v) is 13.7. The molecule has 0 N–H and O–H groups in total. The Morgan fingerprint density at radius 1 is 1.55 bits per heavy atom. The lowest BCUT2D eigenvalue weighted by molar-refractivity contribution is -0.310. The normalized spacial score (nSPS) is 17.9. The van der Waals surface area contributed by atoms with Crippen molar-refractivity contribution in [3.63, 3.8) is 0 Å². The summed E-state index contributed by atoms with van der Waals surface area (Å²) in [6, 6.07) is 6.17. The summed E-state index contributed by atoms with van der Waals surface area (Å²) in [6.45, 7) is 1.67. The van der Waals surface area contributed by atoms with E-state index in [1.54, 1.807) is 38.3 Å². The zero-order chi connectivity index (χ0) is 16.3. The summed E-state index contributed by atoms with van der Waals surface area (Å²) < 4.78 is 5.36. The van der Waals surface area contributed by atoms with Crippen LogP contribution < -0.4 is 9.84 Å². The molecule has 1 aliphatic heterocycles. The van der Waals surface area contributed by atoms with E-state index in [1.807, 2.05) is 6.07 Å². The van der Waals surface area contributed by atoms with Gasteiger partial charge in [-0.3, -0.25) is 9.69 Å². The van der Waals surface area contributed by atoms with Crippen LogP contribution in [0, 0.1) is 0 Å². The Morgan fingerprint density at radius 2 is 2.27 bits per heavy atom. The Morgan fingerprint density at radius 3 is 2.86 bits per heavy atom. The number of carbonyl (C=O) groups excluding carboxylic acids is 2. The number of nitrogens with zero attached hydrogens (tertiary/aromatic N) is 1. The summed E-state index contributed by atoms with van der Waals surface area (Å²) in [5, 5.41) is 11.1. The van der Waals surface area contributed by atoms with Crippen LogP contribution in [0.1, 0.15) is 18.9 Å². The second-order valence-electron chi connectivity index (χ2n) is 4.57. The monoisotopic (exact) mass is 336 g/mol. The van der Waals surface area contributed by atoms with Crippen LogP contribution in [0.3, 0.4) is 0 Å². The summed E-state index contributed by atoms with van der Waals surface area (Å²) in [4.78, 5) is 25.1. The minimum atomic E-state index is -1.30. The highest BCUT2D eigenvalue weighted by Crippen LogP contribution is 2.34. The number of hydrogen-bond acceptors (Lipinski definition) is 6.